The lowest BCUT2D eigenvalue weighted by Crippen LogP contribution is -2.58. The van der Waals surface area contributed by atoms with Crippen molar-refractivity contribution in [2.75, 3.05) is 6.54 Å². The smallest absolute Gasteiger partial charge is 0.329 e. The van der Waals surface area contributed by atoms with Gasteiger partial charge in [-0.15, -0.1) is 0 Å². The molecular weight excluding hydrogens is 190 g/mol. The molecule has 0 saturated heterocycles. The van der Waals surface area contributed by atoms with E-state index in [1.165, 1.54) is 0 Å². The predicted molar refractivity (Wildman–Crippen MR) is 63.9 cm³/mol. The predicted octanol–water partition coefficient (Wildman–Crippen LogP) is 1.22. The Morgan fingerprint density at radius 1 is 1.07 bits per heavy atom. The first-order valence-corrected chi connectivity index (χ1v) is 7.15. The fourth-order valence-corrected chi connectivity index (χ4v) is 4.48. The van der Waals surface area contributed by atoms with Crippen molar-refractivity contribution in [3.8, 4) is 0 Å². The third kappa shape index (κ3) is 2.30. The highest BCUT2D eigenvalue weighted by Crippen LogP contribution is 2.16. The van der Waals surface area contributed by atoms with E-state index in [1.54, 1.807) is 0 Å². The summed E-state index contributed by atoms with van der Waals surface area (Å²) in [5.74, 6) is 0. The molecule has 0 amide bonds. The SMILES string of the molecule is CCN[SiH]1N(C(C)C)C=CN1C(C)C. The first-order chi connectivity index (χ1) is 6.57. The van der Waals surface area contributed by atoms with Crippen molar-refractivity contribution >= 4 is 9.28 Å². The minimum absolute atomic E-state index is 0.603. The Kier molecular flexibility index (Phi) is 4.01. The normalized spacial score (nSPS) is 17.9. The first-order valence-electron chi connectivity index (χ1n) is 5.54. The Morgan fingerprint density at radius 3 is 1.79 bits per heavy atom. The third-order valence-corrected chi connectivity index (χ3v) is 5.99. The second-order valence-electron chi connectivity index (χ2n) is 4.31. The molecule has 1 N–H and O–H groups in total. The Labute approximate surface area is 89.6 Å². The van der Waals surface area contributed by atoms with E-state index in [4.69, 9.17) is 0 Å². The molecule has 82 valence electrons. The fraction of sp³-hybridized carbons (Fsp3) is 0.800. The lowest BCUT2D eigenvalue weighted by molar-refractivity contribution is 0.408. The topological polar surface area (TPSA) is 18.5 Å². The monoisotopic (exact) mass is 213 g/mol. The summed E-state index contributed by atoms with van der Waals surface area (Å²) in [6, 6.07) is 1.21. The Bertz CT molecular complexity index is 186. The van der Waals surface area contributed by atoms with Gasteiger partial charge in [-0.2, -0.15) is 0 Å². The highest BCUT2D eigenvalue weighted by molar-refractivity contribution is 6.51. The van der Waals surface area contributed by atoms with Gasteiger partial charge in [0.2, 0.25) is 0 Å². The van der Waals surface area contributed by atoms with E-state index in [0.717, 1.165) is 6.54 Å². The molecule has 0 aromatic carbocycles. The van der Waals surface area contributed by atoms with Gasteiger partial charge in [0, 0.05) is 24.5 Å². The maximum Gasteiger partial charge on any atom is 0.329 e. The number of hydrogen-bond donors (Lipinski definition) is 1. The van der Waals surface area contributed by atoms with E-state index in [1.807, 2.05) is 0 Å². The van der Waals surface area contributed by atoms with Gasteiger partial charge in [0.1, 0.15) is 0 Å². The van der Waals surface area contributed by atoms with Crippen LogP contribution in [0.15, 0.2) is 12.4 Å². The molecule has 0 radical (unpaired) electrons. The number of nitrogens with one attached hydrogen (secondary N) is 1. The first kappa shape index (κ1) is 11.6. The van der Waals surface area contributed by atoms with Crippen LogP contribution in [0, 0.1) is 0 Å². The van der Waals surface area contributed by atoms with Crippen LogP contribution >= 0.6 is 0 Å². The zero-order valence-electron chi connectivity index (χ0n) is 9.99. The van der Waals surface area contributed by atoms with Gasteiger partial charge >= 0.3 is 9.28 Å². The van der Waals surface area contributed by atoms with E-state index in [2.05, 4.69) is 61.1 Å². The van der Waals surface area contributed by atoms with Gasteiger partial charge in [-0.3, -0.25) is 0 Å². The van der Waals surface area contributed by atoms with Gasteiger partial charge in [0.05, 0.1) is 0 Å². The van der Waals surface area contributed by atoms with E-state index in [-0.39, 0.29) is 0 Å². The zero-order valence-corrected chi connectivity index (χ0v) is 11.1. The van der Waals surface area contributed by atoms with Crippen LogP contribution < -0.4 is 4.98 Å². The summed E-state index contributed by atoms with van der Waals surface area (Å²) < 4.78 is 4.98. The second-order valence-corrected chi connectivity index (χ2v) is 6.66. The molecule has 0 atom stereocenters. The van der Waals surface area contributed by atoms with Crippen molar-refractivity contribution in [1.82, 2.24) is 14.1 Å². The summed E-state index contributed by atoms with van der Waals surface area (Å²) in [4.78, 5) is 3.64. The van der Waals surface area contributed by atoms with Gasteiger partial charge < -0.3 is 14.1 Å². The third-order valence-electron chi connectivity index (χ3n) is 2.56. The molecule has 1 rings (SSSR count). The lowest BCUT2D eigenvalue weighted by atomic mass is 10.4. The van der Waals surface area contributed by atoms with Crippen LogP contribution in [0.3, 0.4) is 0 Å². The molecule has 0 aliphatic carbocycles. The summed E-state index contributed by atoms with van der Waals surface area (Å²) in [5.41, 5.74) is 0. The Balaban J connectivity index is 2.69. The van der Waals surface area contributed by atoms with Crippen molar-refractivity contribution in [2.24, 2.45) is 0 Å². The fourth-order valence-electron chi connectivity index (χ4n) is 1.77. The van der Waals surface area contributed by atoms with Gasteiger partial charge in [-0.1, -0.05) is 6.92 Å². The van der Waals surface area contributed by atoms with Crippen molar-refractivity contribution in [1.29, 1.82) is 0 Å². The standard InChI is InChI=1S/C10H23N3Si/c1-6-11-14-12(9(2)3)7-8-13(14)10(4)5/h7-11,14H,6H2,1-5H3. The quantitative estimate of drug-likeness (QED) is 0.709. The minimum atomic E-state index is -1.12. The molecule has 3 nitrogen and oxygen atoms in total. The van der Waals surface area contributed by atoms with Gasteiger partial charge in [0.15, 0.2) is 0 Å². The average Bonchev–Trinajstić information content (AvgIpc) is 2.48. The van der Waals surface area contributed by atoms with Crippen LogP contribution in [0.5, 0.6) is 0 Å². The van der Waals surface area contributed by atoms with Crippen LogP contribution in [0.4, 0.5) is 0 Å². The van der Waals surface area contributed by atoms with Crippen molar-refractivity contribution in [3.63, 3.8) is 0 Å². The lowest BCUT2D eigenvalue weighted by Gasteiger charge is -2.35. The van der Waals surface area contributed by atoms with E-state index in [0.29, 0.717) is 12.1 Å². The van der Waals surface area contributed by atoms with Gasteiger partial charge in [0.25, 0.3) is 0 Å². The Hall–Kier alpha value is -0.483. The van der Waals surface area contributed by atoms with Crippen molar-refractivity contribution in [3.05, 3.63) is 12.4 Å². The van der Waals surface area contributed by atoms with E-state index in [9.17, 15) is 0 Å². The molecule has 0 aromatic heterocycles. The highest BCUT2D eigenvalue weighted by Gasteiger charge is 2.31. The average molecular weight is 213 g/mol. The minimum Gasteiger partial charge on any atom is -0.374 e. The van der Waals surface area contributed by atoms with Gasteiger partial charge in [-0.25, -0.2) is 0 Å². The van der Waals surface area contributed by atoms with Gasteiger partial charge in [-0.05, 0) is 34.2 Å². The molecule has 0 fully saturated rings. The molecule has 1 heterocycles. The maximum absolute atomic E-state index is 3.64. The summed E-state index contributed by atoms with van der Waals surface area (Å²) in [7, 11) is -1.12. The number of hydrogen-bond acceptors (Lipinski definition) is 3. The molecule has 1 aliphatic heterocycles. The summed E-state index contributed by atoms with van der Waals surface area (Å²) in [5, 5.41) is 0. The second kappa shape index (κ2) is 4.84. The van der Waals surface area contributed by atoms with E-state index >= 15 is 0 Å². The van der Waals surface area contributed by atoms with Crippen molar-refractivity contribution < 1.29 is 0 Å². The molecule has 0 bridgehead atoms. The summed E-state index contributed by atoms with van der Waals surface area (Å²) >= 11 is 0. The van der Waals surface area contributed by atoms with Crippen LogP contribution in [0.2, 0.25) is 0 Å². The van der Waals surface area contributed by atoms with Crippen LogP contribution in [0.25, 0.3) is 0 Å². The molecule has 14 heavy (non-hydrogen) atoms. The van der Waals surface area contributed by atoms with Crippen LogP contribution in [-0.2, 0) is 0 Å². The highest BCUT2D eigenvalue weighted by atomic mass is 28.3. The molecule has 1 aliphatic rings. The zero-order chi connectivity index (χ0) is 10.7. The molecule has 0 spiro atoms. The molecule has 0 aromatic rings. The largest absolute Gasteiger partial charge is 0.374 e. The number of rotatable bonds is 4. The molecular formula is C10H23N3Si. The van der Waals surface area contributed by atoms with Crippen LogP contribution in [0.1, 0.15) is 34.6 Å². The molecule has 0 saturated carbocycles. The van der Waals surface area contributed by atoms with E-state index < -0.39 is 9.28 Å². The summed E-state index contributed by atoms with van der Waals surface area (Å²) in [6.45, 7) is 12.3. The molecule has 0 unspecified atom stereocenters. The maximum atomic E-state index is 3.64. The van der Waals surface area contributed by atoms with Crippen molar-refractivity contribution in [2.45, 2.75) is 46.7 Å². The number of nitrogens with zero attached hydrogens (tertiary/aromatic N) is 2. The summed E-state index contributed by atoms with van der Waals surface area (Å²) in [6.07, 6.45) is 4.48. The Morgan fingerprint density at radius 2 is 1.50 bits per heavy atom. The molecule has 4 heteroatoms. The van der Waals surface area contributed by atoms with Crippen LogP contribution in [-0.4, -0.2) is 37.0 Å².